The minimum absolute atomic E-state index is 0.251. The normalized spacial score (nSPS) is 33.0. The predicted octanol–water partition coefficient (Wildman–Crippen LogP) is 1.60. The second-order valence-corrected chi connectivity index (χ2v) is 7.66. The third-order valence-corrected chi connectivity index (χ3v) is 5.62. The van der Waals surface area contributed by atoms with Crippen LogP contribution in [0.15, 0.2) is 0 Å². The molecule has 2 N–H and O–H groups in total. The zero-order valence-corrected chi connectivity index (χ0v) is 14.6. The van der Waals surface area contributed by atoms with Crippen molar-refractivity contribution >= 4 is 0 Å². The SMILES string of the molecule is CC(C)N1CCCC(CN)(N2CCCC2CN(C)C)CC1. The van der Waals surface area contributed by atoms with Crippen molar-refractivity contribution in [3.63, 3.8) is 0 Å². The van der Waals surface area contributed by atoms with Gasteiger partial charge in [0.15, 0.2) is 0 Å². The Bertz CT molecular complexity index is 318. The number of nitrogens with two attached hydrogens (primary N) is 1. The maximum atomic E-state index is 6.33. The maximum absolute atomic E-state index is 6.33. The quantitative estimate of drug-likeness (QED) is 0.836. The lowest BCUT2D eigenvalue weighted by Crippen LogP contribution is -2.57. The topological polar surface area (TPSA) is 35.7 Å². The summed E-state index contributed by atoms with van der Waals surface area (Å²) in [6.45, 7) is 10.3. The summed E-state index contributed by atoms with van der Waals surface area (Å²) in [6.07, 6.45) is 6.49. The van der Waals surface area contributed by atoms with Crippen molar-refractivity contribution in [1.29, 1.82) is 0 Å². The van der Waals surface area contributed by atoms with Crippen LogP contribution in [0.1, 0.15) is 46.0 Å². The van der Waals surface area contributed by atoms with Crippen LogP contribution in [0.2, 0.25) is 0 Å². The molecule has 0 bridgehead atoms. The largest absolute Gasteiger partial charge is 0.329 e. The van der Waals surface area contributed by atoms with E-state index < -0.39 is 0 Å². The van der Waals surface area contributed by atoms with Crippen molar-refractivity contribution in [2.24, 2.45) is 5.73 Å². The van der Waals surface area contributed by atoms with E-state index >= 15 is 0 Å². The Hall–Kier alpha value is -0.160. The molecule has 0 aromatic heterocycles. The standard InChI is InChI=1S/C17H36N4/c1-15(2)20-10-6-8-17(14-18,9-12-20)21-11-5-7-16(21)13-19(3)4/h15-16H,5-14,18H2,1-4H3. The Morgan fingerprint density at radius 2 is 1.90 bits per heavy atom. The van der Waals surface area contributed by atoms with Crippen LogP contribution in [-0.4, -0.2) is 79.1 Å². The Balaban J connectivity index is 2.09. The number of nitrogens with zero attached hydrogens (tertiary/aromatic N) is 3. The van der Waals surface area contributed by atoms with Gasteiger partial charge in [0.1, 0.15) is 0 Å². The van der Waals surface area contributed by atoms with Crippen molar-refractivity contribution < 1.29 is 0 Å². The Labute approximate surface area is 131 Å². The molecule has 2 unspecified atom stereocenters. The molecule has 2 heterocycles. The van der Waals surface area contributed by atoms with Gasteiger partial charge >= 0.3 is 0 Å². The highest BCUT2D eigenvalue weighted by Gasteiger charge is 2.42. The van der Waals surface area contributed by atoms with Crippen LogP contribution in [0.5, 0.6) is 0 Å². The van der Waals surface area contributed by atoms with Crippen molar-refractivity contribution in [2.75, 3.05) is 46.8 Å². The number of hydrogen-bond donors (Lipinski definition) is 1. The van der Waals surface area contributed by atoms with Crippen LogP contribution in [0.3, 0.4) is 0 Å². The summed E-state index contributed by atoms with van der Waals surface area (Å²) >= 11 is 0. The van der Waals surface area contributed by atoms with Crippen LogP contribution >= 0.6 is 0 Å². The molecule has 21 heavy (non-hydrogen) atoms. The van der Waals surface area contributed by atoms with Gasteiger partial charge < -0.3 is 15.5 Å². The number of rotatable bonds is 5. The average molecular weight is 297 g/mol. The molecule has 2 saturated heterocycles. The van der Waals surface area contributed by atoms with Crippen LogP contribution < -0.4 is 5.73 Å². The highest BCUT2D eigenvalue weighted by Crippen LogP contribution is 2.35. The lowest BCUT2D eigenvalue weighted by Gasteiger charge is -2.45. The van der Waals surface area contributed by atoms with E-state index in [1.807, 2.05) is 0 Å². The molecule has 0 amide bonds. The predicted molar refractivity (Wildman–Crippen MR) is 90.6 cm³/mol. The molecule has 4 nitrogen and oxygen atoms in total. The molecule has 0 saturated carbocycles. The molecular formula is C17H36N4. The Kier molecular flexibility index (Phi) is 6.06. The molecule has 2 atom stereocenters. The van der Waals surface area contributed by atoms with E-state index in [1.54, 1.807) is 0 Å². The number of hydrogen-bond acceptors (Lipinski definition) is 4. The summed E-state index contributed by atoms with van der Waals surface area (Å²) in [5, 5.41) is 0. The molecule has 0 aromatic carbocycles. The highest BCUT2D eigenvalue weighted by molar-refractivity contribution is 5.00. The summed E-state index contributed by atoms with van der Waals surface area (Å²) in [5.41, 5.74) is 6.58. The van der Waals surface area contributed by atoms with Gasteiger partial charge in [-0.2, -0.15) is 0 Å². The first-order chi connectivity index (χ1) is 9.98. The van der Waals surface area contributed by atoms with Crippen molar-refractivity contribution in [3.8, 4) is 0 Å². The van der Waals surface area contributed by atoms with E-state index in [0.29, 0.717) is 12.1 Å². The molecule has 0 aromatic rings. The van der Waals surface area contributed by atoms with Gasteiger partial charge in [-0.3, -0.25) is 4.90 Å². The average Bonchev–Trinajstić information content (AvgIpc) is 2.76. The smallest absolute Gasteiger partial charge is 0.0347 e. The maximum Gasteiger partial charge on any atom is 0.0347 e. The summed E-state index contributed by atoms with van der Waals surface area (Å²) < 4.78 is 0. The lowest BCUT2D eigenvalue weighted by atomic mass is 9.87. The van der Waals surface area contributed by atoms with E-state index in [1.165, 1.54) is 58.3 Å². The summed E-state index contributed by atoms with van der Waals surface area (Å²) in [6, 6.07) is 1.36. The first-order valence-electron chi connectivity index (χ1n) is 8.84. The molecule has 124 valence electrons. The van der Waals surface area contributed by atoms with E-state index in [2.05, 4.69) is 42.6 Å². The van der Waals surface area contributed by atoms with Gasteiger partial charge in [-0.1, -0.05) is 0 Å². The Morgan fingerprint density at radius 3 is 2.52 bits per heavy atom. The summed E-state index contributed by atoms with van der Waals surface area (Å²) in [5.74, 6) is 0. The van der Waals surface area contributed by atoms with Gasteiger partial charge in [0.2, 0.25) is 0 Å². The molecule has 4 heteroatoms. The summed E-state index contributed by atoms with van der Waals surface area (Å²) in [4.78, 5) is 7.76. The van der Waals surface area contributed by atoms with Crippen LogP contribution in [-0.2, 0) is 0 Å². The second kappa shape index (κ2) is 7.40. The molecule has 0 spiro atoms. The first kappa shape index (κ1) is 17.2. The molecule has 0 aliphatic carbocycles. The van der Waals surface area contributed by atoms with Gasteiger partial charge in [-0.25, -0.2) is 0 Å². The van der Waals surface area contributed by atoms with Gasteiger partial charge in [0, 0.05) is 37.3 Å². The molecular weight excluding hydrogens is 260 g/mol. The molecule has 0 radical (unpaired) electrons. The zero-order chi connectivity index (χ0) is 15.5. The van der Waals surface area contributed by atoms with Crippen LogP contribution in [0.25, 0.3) is 0 Å². The van der Waals surface area contributed by atoms with Crippen molar-refractivity contribution in [1.82, 2.24) is 14.7 Å². The monoisotopic (exact) mass is 296 g/mol. The third kappa shape index (κ3) is 3.98. The fourth-order valence-electron chi connectivity index (χ4n) is 4.40. The second-order valence-electron chi connectivity index (χ2n) is 7.66. The van der Waals surface area contributed by atoms with Gasteiger partial charge in [-0.15, -0.1) is 0 Å². The molecule has 2 rings (SSSR count). The van der Waals surface area contributed by atoms with Crippen molar-refractivity contribution in [2.45, 2.75) is 63.6 Å². The fourth-order valence-corrected chi connectivity index (χ4v) is 4.40. The first-order valence-corrected chi connectivity index (χ1v) is 8.84. The molecule has 2 aliphatic rings. The fraction of sp³-hybridized carbons (Fsp3) is 1.00. The highest BCUT2D eigenvalue weighted by atomic mass is 15.3. The zero-order valence-electron chi connectivity index (χ0n) is 14.6. The van der Waals surface area contributed by atoms with Gasteiger partial charge in [0.05, 0.1) is 0 Å². The molecule has 2 fully saturated rings. The number of likely N-dealkylation sites (N-methyl/N-ethyl adjacent to an activating group) is 1. The van der Waals surface area contributed by atoms with E-state index in [9.17, 15) is 0 Å². The minimum Gasteiger partial charge on any atom is -0.329 e. The number of likely N-dealkylation sites (tertiary alicyclic amines) is 2. The summed E-state index contributed by atoms with van der Waals surface area (Å²) in [7, 11) is 4.39. The molecule has 2 aliphatic heterocycles. The van der Waals surface area contributed by atoms with Crippen LogP contribution in [0, 0.1) is 0 Å². The van der Waals surface area contributed by atoms with E-state index in [0.717, 1.165) is 6.54 Å². The van der Waals surface area contributed by atoms with Crippen molar-refractivity contribution in [3.05, 3.63) is 0 Å². The lowest BCUT2D eigenvalue weighted by molar-refractivity contribution is 0.0537. The van der Waals surface area contributed by atoms with Gasteiger partial charge in [-0.05, 0) is 73.1 Å². The van der Waals surface area contributed by atoms with Crippen LogP contribution in [0.4, 0.5) is 0 Å². The minimum atomic E-state index is 0.251. The third-order valence-electron chi connectivity index (χ3n) is 5.62. The Morgan fingerprint density at radius 1 is 1.14 bits per heavy atom. The van der Waals surface area contributed by atoms with E-state index in [-0.39, 0.29) is 5.54 Å². The van der Waals surface area contributed by atoms with E-state index in [4.69, 9.17) is 5.73 Å². The van der Waals surface area contributed by atoms with Gasteiger partial charge in [0.25, 0.3) is 0 Å².